The summed E-state index contributed by atoms with van der Waals surface area (Å²) in [6, 6.07) is 13.8. The molecule has 0 bridgehead atoms. The van der Waals surface area contributed by atoms with Gasteiger partial charge in [0.1, 0.15) is 60.1 Å². The van der Waals surface area contributed by atoms with Gasteiger partial charge in [0.2, 0.25) is 12.6 Å². The summed E-state index contributed by atoms with van der Waals surface area (Å²) in [5, 5.41) is 28.2. The summed E-state index contributed by atoms with van der Waals surface area (Å²) >= 11 is 0. The molecular formula is C29H38O13. The Morgan fingerprint density at radius 1 is 0.738 bits per heavy atom. The molecule has 42 heavy (non-hydrogen) atoms. The molecule has 2 fully saturated rings. The molecule has 2 aromatic rings. The highest BCUT2D eigenvalue weighted by atomic mass is 16.7. The maximum Gasteiger partial charge on any atom is 0.303 e. The Balaban J connectivity index is 0.000000240. The van der Waals surface area contributed by atoms with Crippen molar-refractivity contribution in [2.45, 2.75) is 63.9 Å². The molecule has 2 aromatic carbocycles. The molecule has 13 heteroatoms. The third-order valence-corrected chi connectivity index (χ3v) is 6.50. The lowest BCUT2D eigenvalue weighted by atomic mass is 10.0. The second-order valence-corrected chi connectivity index (χ2v) is 9.57. The molecule has 232 valence electrons. The number of hydrogen-bond donors (Lipinski definition) is 3. The van der Waals surface area contributed by atoms with E-state index in [0.717, 1.165) is 0 Å². The third kappa shape index (κ3) is 8.94. The van der Waals surface area contributed by atoms with Crippen LogP contribution in [0.25, 0.3) is 0 Å². The van der Waals surface area contributed by atoms with E-state index in [1.54, 1.807) is 62.8 Å². The molecule has 2 aliphatic rings. The summed E-state index contributed by atoms with van der Waals surface area (Å²) in [5.41, 5.74) is 0. The van der Waals surface area contributed by atoms with Gasteiger partial charge in [0.05, 0.1) is 26.7 Å². The zero-order valence-electron chi connectivity index (χ0n) is 24.1. The summed E-state index contributed by atoms with van der Waals surface area (Å²) in [5.74, 6) is 1.40. The van der Waals surface area contributed by atoms with Crippen LogP contribution in [0.2, 0.25) is 0 Å². The van der Waals surface area contributed by atoms with Crippen LogP contribution < -0.4 is 18.9 Å². The zero-order chi connectivity index (χ0) is 30.8. The quantitative estimate of drug-likeness (QED) is 0.338. The van der Waals surface area contributed by atoms with E-state index in [1.165, 1.54) is 13.8 Å². The van der Waals surface area contributed by atoms with E-state index in [-0.39, 0.29) is 19.1 Å². The highest BCUT2D eigenvalue weighted by Crippen LogP contribution is 2.32. The molecule has 0 amide bonds. The van der Waals surface area contributed by atoms with Gasteiger partial charge in [0.15, 0.2) is 0 Å². The number of methoxy groups -OCH3 is 2. The van der Waals surface area contributed by atoms with Gasteiger partial charge in [-0.05, 0) is 48.5 Å². The average molecular weight is 595 g/mol. The van der Waals surface area contributed by atoms with Crippen molar-refractivity contribution in [1.29, 1.82) is 0 Å². The van der Waals surface area contributed by atoms with Crippen molar-refractivity contribution in [2.24, 2.45) is 5.92 Å². The van der Waals surface area contributed by atoms with Crippen molar-refractivity contribution in [3.8, 4) is 23.0 Å². The van der Waals surface area contributed by atoms with Gasteiger partial charge in [0, 0.05) is 13.8 Å². The summed E-state index contributed by atoms with van der Waals surface area (Å²) in [6.07, 6.45) is -5.92. The highest BCUT2D eigenvalue weighted by Gasteiger charge is 2.46. The lowest BCUT2D eigenvalue weighted by molar-refractivity contribution is -0.157. The lowest BCUT2D eigenvalue weighted by Crippen LogP contribution is -2.35. The molecule has 0 unspecified atom stereocenters. The maximum atomic E-state index is 11.3. The number of ether oxygens (including phenoxy) is 8. The summed E-state index contributed by atoms with van der Waals surface area (Å²) in [4.78, 5) is 22.3. The Kier molecular flexibility index (Phi) is 12.2. The van der Waals surface area contributed by atoms with E-state index in [4.69, 9.17) is 43.0 Å². The minimum Gasteiger partial charge on any atom is -0.497 e. The molecule has 8 atom stereocenters. The fraction of sp³-hybridized carbons (Fsp3) is 0.517. The van der Waals surface area contributed by atoms with Gasteiger partial charge < -0.3 is 53.2 Å². The SMILES string of the molecule is COc1ccc(O[C@@H]2O[C@H](CO)[C@@H](O)[C@H]2O)cc1.COc1ccc(O[C@@H]2O[C@H](COC(C)=O)[C@@H](OC(C)=O)[C@H]2C)cc1. The summed E-state index contributed by atoms with van der Waals surface area (Å²) < 4.78 is 42.6. The molecule has 2 aliphatic heterocycles. The Morgan fingerprint density at radius 3 is 1.64 bits per heavy atom. The molecule has 4 rings (SSSR count). The van der Waals surface area contributed by atoms with Gasteiger partial charge in [-0.2, -0.15) is 0 Å². The van der Waals surface area contributed by atoms with E-state index in [1.807, 2.05) is 6.92 Å². The van der Waals surface area contributed by atoms with Gasteiger partial charge in [-0.25, -0.2) is 0 Å². The monoisotopic (exact) mass is 594 g/mol. The lowest BCUT2D eigenvalue weighted by Gasteiger charge is -2.20. The topological polar surface area (TPSA) is 169 Å². The Labute approximate surface area is 243 Å². The van der Waals surface area contributed by atoms with Gasteiger partial charge in [0.25, 0.3) is 0 Å². The van der Waals surface area contributed by atoms with Gasteiger partial charge in [-0.15, -0.1) is 0 Å². The third-order valence-electron chi connectivity index (χ3n) is 6.50. The van der Waals surface area contributed by atoms with Crippen molar-refractivity contribution in [3.05, 3.63) is 48.5 Å². The number of hydrogen-bond acceptors (Lipinski definition) is 13. The van der Waals surface area contributed by atoms with Crippen molar-refractivity contribution in [2.75, 3.05) is 27.4 Å². The Bertz CT molecular complexity index is 1120. The van der Waals surface area contributed by atoms with Crippen LogP contribution in [0, 0.1) is 5.92 Å². The van der Waals surface area contributed by atoms with Crippen molar-refractivity contribution < 1.29 is 62.8 Å². The van der Waals surface area contributed by atoms with Crippen molar-refractivity contribution in [1.82, 2.24) is 0 Å². The molecule has 0 spiro atoms. The number of benzene rings is 2. The number of carbonyl (C=O) groups is 2. The van der Waals surface area contributed by atoms with Crippen LogP contribution in [-0.2, 0) is 28.5 Å². The fourth-order valence-electron chi connectivity index (χ4n) is 4.25. The number of aliphatic hydroxyl groups is 3. The van der Waals surface area contributed by atoms with Crippen LogP contribution in [0.5, 0.6) is 23.0 Å². The first-order valence-electron chi connectivity index (χ1n) is 13.3. The predicted octanol–water partition coefficient (Wildman–Crippen LogP) is 1.44. The van der Waals surface area contributed by atoms with E-state index < -0.39 is 55.0 Å². The summed E-state index contributed by atoms with van der Waals surface area (Å²) in [7, 11) is 3.14. The van der Waals surface area contributed by atoms with Crippen LogP contribution in [0.4, 0.5) is 0 Å². The van der Waals surface area contributed by atoms with Gasteiger partial charge in [-0.3, -0.25) is 9.59 Å². The number of carbonyl (C=O) groups excluding carboxylic acids is 2. The van der Waals surface area contributed by atoms with Crippen LogP contribution in [0.1, 0.15) is 20.8 Å². The first-order chi connectivity index (χ1) is 20.1. The fourth-order valence-corrected chi connectivity index (χ4v) is 4.25. The second-order valence-electron chi connectivity index (χ2n) is 9.57. The molecule has 0 aliphatic carbocycles. The minimum atomic E-state index is -1.19. The standard InChI is InChI=1S/C17H22O7.C12H16O6/c1-10-16(22-12(3)19)15(9-21-11(2)18)24-17(10)23-14-7-5-13(20-4)6-8-14;1-16-7-2-4-8(5-3-7)17-12-11(15)10(14)9(6-13)18-12/h5-8,10,15-17H,9H2,1-4H3;2-5,9-15H,6H2,1H3/t10-,15-,16+,17-;9-,10-,11-,12-/m11/s1. The second kappa shape index (κ2) is 15.6. The predicted molar refractivity (Wildman–Crippen MR) is 145 cm³/mol. The molecule has 2 saturated heterocycles. The maximum absolute atomic E-state index is 11.3. The molecule has 0 saturated carbocycles. The first kappa shape index (κ1) is 32.9. The number of aliphatic hydroxyl groups excluding tert-OH is 3. The first-order valence-corrected chi connectivity index (χ1v) is 13.3. The van der Waals surface area contributed by atoms with Gasteiger partial charge >= 0.3 is 11.9 Å². The van der Waals surface area contributed by atoms with E-state index in [0.29, 0.717) is 23.0 Å². The largest absolute Gasteiger partial charge is 0.497 e. The van der Waals surface area contributed by atoms with Gasteiger partial charge in [-0.1, -0.05) is 6.92 Å². The Morgan fingerprint density at radius 2 is 1.21 bits per heavy atom. The molecule has 0 radical (unpaired) electrons. The molecule has 13 nitrogen and oxygen atoms in total. The summed E-state index contributed by atoms with van der Waals surface area (Å²) in [6.45, 7) is 4.12. The van der Waals surface area contributed by atoms with Crippen LogP contribution in [0.3, 0.4) is 0 Å². The smallest absolute Gasteiger partial charge is 0.303 e. The van der Waals surface area contributed by atoms with E-state index in [9.17, 15) is 19.8 Å². The molecule has 0 aromatic heterocycles. The van der Waals surface area contributed by atoms with Crippen molar-refractivity contribution in [3.63, 3.8) is 0 Å². The normalized spacial score (nSPS) is 28.2. The van der Waals surface area contributed by atoms with Crippen LogP contribution in [0.15, 0.2) is 48.5 Å². The van der Waals surface area contributed by atoms with E-state index in [2.05, 4.69) is 0 Å². The number of esters is 2. The van der Waals surface area contributed by atoms with E-state index >= 15 is 0 Å². The minimum absolute atomic E-state index is 0.0000918. The zero-order valence-corrected chi connectivity index (χ0v) is 24.1. The Hall–Kier alpha value is -3.62. The number of rotatable bonds is 10. The molecule has 2 heterocycles. The van der Waals surface area contributed by atoms with Crippen LogP contribution >= 0.6 is 0 Å². The average Bonchev–Trinajstić information content (AvgIpc) is 3.42. The molecular weight excluding hydrogens is 556 g/mol. The highest BCUT2D eigenvalue weighted by molar-refractivity contribution is 5.66. The van der Waals surface area contributed by atoms with Crippen molar-refractivity contribution >= 4 is 11.9 Å². The molecule has 3 N–H and O–H groups in total. The van der Waals surface area contributed by atoms with Crippen LogP contribution in [-0.4, -0.2) is 97.8 Å².